The van der Waals surface area contributed by atoms with Gasteiger partial charge < -0.3 is 10.1 Å². The zero-order chi connectivity index (χ0) is 26.1. The molecule has 0 unspecified atom stereocenters. The molecule has 0 aromatic heterocycles. The fourth-order valence-corrected chi connectivity index (χ4v) is 5.91. The SMILES string of the molecule is CCOc1ccc(S(=O)(=O)N(CC(=O)Nc2ccc(CSc3ccccc3)cc2)c2ccccc2)cc1. The number of amides is 1. The molecule has 0 aliphatic heterocycles. The number of hydrogen-bond acceptors (Lipinski definition) is 5. The standard InChI is InChI=1S/C29H28N2O4S2/c1-2-35-26-17-19-28(20-18-26)37(33,34)31(25-9-5-3-6-10-25)21-29(32)30-24-15-13-23(14-16-24)22-36-27-11-7-4-8-12-27/h3-20H,2,21-22H2,1H3,(H,30,32). The van der Waals surface area contributed by atoms with Gasteiger partial charge in [-0.3, -0.25) is 9.10 Å². The van der Waals surface area contributed by atoms with Gasteiger partial charge in [0.25, 0.3) is 10.0 Å². The van der Waals surface area contributed by atoms with Gasteiger partial charge in [0.05, 0.1) is 17.2 Å². The Bertz CT molecular complexity index is 1390. The fourth-order valence-electron chi connectivity index (χ4n) is 3.61. The van der Waals surface area contributed by atoms with Crippen LogP contribution in [0.4, 0.5) is 11.4 Å². The Morgan fingerprint density at radius 2 is 1.46 bits per heavy atom. The molecule has 190 valence electrons. The third-order valence-electron chi connectivity index (χ3n) is 5.44. The molecule has 4 aromatic carbocycles. The molecule has 0 fully saturated rings. The van der Waals surface area contributed by atoms with Gasteiger partial charge in [-0.15, -0.1) is 11.8 Å². The van der Waals surface area contributed by atoms with E-state index < -0.39 is 15.9 Å². The van der Waals surface area contributed by atoms with Crippen LogP contribution in [0.15, 0.2) is 119 Å². The largest absolute Gasteiger partial charge is 0.494 e. The average molecular weight is 533 g/mol. The lowest BCUT2D eigenvalue weighted by atomic mass is 10.2. The van der Waals surface area contributed by atoms with E-state index in [9.17, 15) is 13.2 Å². The number of nitrogens with one attached hydrogen (secondary N) is 1. The number of nitrogens with zero attached hydrogens (tertiary/aromatic N) is 1. The molecule has 0 radical (unpaired) electrons. The number of thioether (sulfide) groups is 1. The van der Waals surface area contributed by atoms with Crippen molar-refractivity contribution in [1.29, 1.82) is 0 Å². The van der Waals surface area contributed by atoms with Crippen molar-refractivity contribution in [2.24, 2.45) is 0 Å². The van der Waals surface area contributed by atoms with Crippen LogP contribution in [0.5, 0.6) is 5.75 Å². The molecule has 0 atom stereocenters. The average Bonchev–Trinajstić information content (AvgIpc) is 2.93. The van der Waals surface area contributed by atoms with Gasteiger partial charge in [0.15, 0.2) is 0 Å². The van der Waals surface area contributed by atoms with Gasteiger partial charge >= 0.3 is 0 Å². The highest BCUT2D eigenvalue weighted by Gasteiger charge is 2.27. The van der Waals surface area contributed by atoms with Gasteiger partial charge in [-0.2, -0.15) is 0 Å². The Labute approximate surface area is 222 Å². The first kappa shape index (κ1) is 26.3. The second-order valence-electron chi connectivity index (χ2n) is 8.10. The summed E-state index contributed by atoms with van der Waals surface area (Å²) in [5.74, 6) is 0.946. The maximum absolute atomic E-state index is 13.5. The molecule has 1 amide bonds. The Kier molecular flexibility index (Phi) is 8.87. The Morgan fingerprint density at radius 3 is 2.08 bits per heavy atom. The van der Waals surface area contributed by atoms with Crippen LogP contribution in [-0.4, -0.2) is 27.5 Å². The first-order chi connectivity index (χ1) is 18.0. The molecule has 0 aliphatic rings. The third-order valence-corrected chi connectivity index (χ3v) is 8.31. The number of hydrogen-bond donors (Lipinski definition) is 1. The van der Waals surface area contributed by atoms with Gasteiger partial charge in [0.1, 0.15) is 12.3 Å². The second-order valence-corrected chi connectivity index (χ2v) is 11.0. The molecule has 0 spiro atoms. The fraction of sp³-hybridized carbons (Fsp3) is 0.138. The summed E-state index contributed by atoms with van der Waals surface area (Å²) < 4.78 is 33.6. The minimum Gasteiger partial charge on any atom is -0.494 e. The molecule has 4 rings (SSSR count). The van der Waals surface area contributed by atoms with Crippen LogP contribution in [0.2, 0.25) is 0 Å². The number of rotatable bonds is 11. The van der Waals surface area contributed by atoms with E-state index in [-0.39, 0.29) is 11.4 Å². The second kappa shape index (κ2) is 12.5. The van der Waals surface area contributed by atoms with E-state index in [1.54, 1.807) is 54.2 Å². The number of anilines is 2. The summed E-state index contributed by atoms with van der Waals surface area (Å²) in [6.45, 7) is 1.97. The minimum absolute atomic E-state index is 0.0767. The Morgan fingerprint density at radius 1 is 0.838 bits per heavy atom. The zero-order valence-electron chi connectivity index (χ0n) is 20.4. The van der Waals surface area contributed by atoms with Gasteiger partial charge in [-0.25, -0.2) is 8.42 Å². The van der Waals surface area contributed by atoms with Crippen molar-refractivity contribution >= 4 is 39.1 Å². The van der Waals surface area contributed by atoms with Crippen LogP contribution in [0.25, 0.3) is 0 Å². The number of benzene rings is 4. The lowest BCUT2D eigenvalue weighted by molar-refractivity contribution is -0.114. The van der Waals surface area contributed by atoms with Crippen LogP contribution in [0, 0.1) is 0 Å². The number of sulfonamides is 1. The molecule has 6 nitrogen and oxygen atoms in total. The minimum atomic E-state index is -4.00. The maximum atomic E-state index is 13.5. The first-order valence-corrected chi connectivity index (χ1v) is 14.3. The summed E-state index contributed by atoms with van der Waals surface area (Å²) in [4.78, 5) is 14.2. The monoisotopic (exact) mass is 532 g/mol. The van der Waals surface area contributed by atoms with Crippen LogP contribution >= 0.6 is 11.8 Å². The van der Waals surface area contributed by atoms with Gasteiger partial charge in [0.2, 0.25) is 5.91 Å². The van der Waals surface area contributed by atoms with E-state index in [2.05, 4.69) is 17.4 Å². The van der Waals surface area contributed by atoms with Crippen molar-refractivity contribution in [3.63, 3.8) is 0 Å². The van der Waals surface area contributed by atoms with Crippen LogP contribution < -0.4 is 14.4 Å². The number of carbonyl (C=O) groups is 1. The normalized spacial score (nSPS) is 11.1. The van der Waals surface area contributed by atoms with Crippen LogP contribution in [0.1, 0.15) is 12.5 Å². The first-order valence-electron chi connectivity index (χ1n) is 11.8. The van der Waals surface area contributed by atoms with Gasteiger partial charge in [-0.05, 0) is 73.2 Å². The molecule has 0 bridgehead atoms. The summed E-state index contributed by atoms with van der Waals surface area (Å²) in [7, 11) is -4.00. The van der Waals surface area contributed by atoms with Crippen molar-refractivity contribution in [2.45, 2.75) is 22.5 Å². The van der Waals surface area contributed by atoms with Crippen LogP contribution in [-0.2, 0) is 20.6 Å². The molecule has 8 heteroatoms. The lowest BCUT2D eigenvalue weighted by Crippen LogP contribution is -2.38. The van der Waals surface area contributed by atoms with E-state index in [4.69, 9.17) is 4.74 Å². The predicted molar refractivity (Wildman–Crippen MR) is 150 cm³/mol. The summed E-state index contributed by atoms with van der Waals surface area (Å²) in [5, 5.41) is 2.82. The molecular weight excluding hydrogens is 504 g/mol. The van der Waals surface area contributed by atoms with Crippen molar-refractivity contribution in [3.05, 3.63) is 115 Å². The Balaban J connectivity index is 1.46. The van der Waals surface area contributed by atoms with E-state index in [1.807, 2.05) is 49.4 Å². The molecule has 37 heavy (non-hydrogen) atoms. The van der Waals surface area contributed by atoms with E-state index in [0.717, 1.165) is 15.6 Å². The zero-order valence-corrected chi connectivity index (χ0v) is 22.0. The van der Waals surface area contributed by atoms with Crippen molar-refractivity contribution in [3.8, 4) is 5.75 Å². The third kappa shape index (κ3) is 7.15. The topological polar surface area (TPSA) is 75.7 Å². The smallest absolute Gasteiger partial charge is 0.264 e. The lowest BCUT2D eigenvalue weighted by Gasteiger charge is -2.24. The Hall–Kier alpha value is -3.75. The number of para-hydroxylation sites is 1. The summed E-state index contributed by atoms with van der Waals surface area (Å²) in [6, 6.07) is 32.5. The molecule has 0 saturated heterocycles. The highest BCUT2D eigenvalue weighted by Crippen LogP contribution is 2.26. The molecule has 0 aliphatic carbocycles. The molecular formula is C29H28N2O4S2. The predicted octanol–water partition coefficient (Wildman–Crippen LogP) is 6.21. The number of ether oxygens (including phenoxy) is 1. The van der Waals surface area contributed by atoms with Gasteiger partial charge in [-0.1, -0.05) is 48.5 Å². The summed E-state index contributed by atoms with van der Waals surface area (Å²) >= 11 is 1.73. The van der Waals surface area contributed by atoms with E-state index >= 15 is 0 Å². The van der Waals surface area contributed by atoms with Crippen molar-refractivity contribution < 1.29 is 17.9 Å². The van der Waals surface area contributed by atoms with E-state index in [1.165, 1.54) is 17.0 Å². The van der Waals surface area contributed by atoms with E-state index in [0.29, 0.717) is 23.7 Å². The highest BCUT2D eigenvalue weighted by molar-refractivity contribution is 7.98. The summed E-state index contributed by atoms with van der Waals surface area (Å²) in [5.41, 5.74) is 2.13. The van der Waals surface area contributed by atoms with Gasteiger partial charge in [0, 0.05) is 16.3 Å². The molecule has 4 aromatic rings. The molecule has 0 saturated carbocycles. The quantitative estimate of drug-likeness (QED) is 0.232. The van der Waals surface area contributed by atoms with Crippen molar-refractivity contribution in [2.75, 3.05) is 22.8 Å². The summed E-state index contributed by atoms with van der Waals surface area (Å²) in [6.07, 6.45) is 0. The number of carbonyl (C=O) groups excluding carboxylic acids is 1. The van der Waals surface area contributed by atoms with Crippen molar-refractivity contribution in [1.82, 2.24) is 0 Å². The highest BCUT2D eigenvalue weighted by atomic mass is 32.2. The molecule has 1 N–H and O–H groups in total. The van der Waals surface area contributed by atoms with Crippen LogP contribution in [0.3, 0.4) is 0 Å². The maximum Gasteiger partial charge on any atom is 0.264 e. The molecule has 0 heterocycles.